The Hall–Kier alpha value is -3.20. The molecule has 0 saturated carbocycles. The maximum Gasteiger partial charge on any atom is 0.343 e. The van der Waals surface area contributed by atoms with Gasteiger partial charge in [0.15, 0.2) is 5.78 Å². The Kier molecular flexibility index (Phi) is 4.82. The van der Waals surface area contributed by atoms with Crippen molar-refractivity contribution in [2.45, 2.75) is 6.42 Å². The standard InChI is InChI=1S/C21H16O3/c22-19(15-16-9-3-1-4-10-16)18-13-7-8-14-20(18)24-21(23)17-11-5-2-6-12-17/h1-14H,15H2. The number of hydrogen-bond donors (Lipinski definition) is 0. The van der Waals surface area contributed by atoms with Crippen LogP contribution in [0.15, 0.2) is 84.9 Å². The topological polar surface area (TPSA) is 43.4 Å². The molecular weight excluding hydrogens is 300 g/mol. The number of para-hydroxylation sites is 1. The van der Waals surface area contributed by atoms with Gasteiger partial charge in [-0.15, -0.1) is 0 Å². The summed E-state index contributed by atoms with van der Waals surface area (Å²) in [7, 11) is 0. The van der Waals surface area contributed by atoms with Crippen LogP contribution in [0.5, 0.6) is 5.75 Å². The summed E-state index contributed by atoms with van der Waals surface area (Å²) in [5.74, 6) is -0.277. The number of carbonyl (C=O) groups excluding carboxylic acids is 2. The third-order valence-electron chi connectivity index (χ3n) is 3.61. The van der Waals surface area contributed by atoms with Crippen LogP contribution in [-0.2, 0) is 6.42 Å². The molecule has 0 aliphatic heterocycles. The lowest BCUT2D eigenvalue weighted by molar-refractivity contribution is 0.0732. The first kappa shape index (κ1) is 15.7. The van der Waals surface area contributed by atoms with Gasteiger partial charge >= 0.3 is 5.97 Å². The summed E-state index contributed by atoms with van der Waals surface area (Å²) in [5, 5.41) is 0. The van der Waals surface area contributed by atoms with Crippen LogP contribution in [0.25, 0.3) is 0 Å². The smallest absolute Gasteiger partial charge is 0.343 e. The van der Waals surface area contributed by atoms with Crippen molar-refractivity contribution in [2.75, 3.05) is 0 Å². The monoisotopic (exact) mass is 316 g/mol. The van der Waals surface area contributed by atoms with Crippen molar-refractivity contribution in [1.82, 2.24) is 0 Å². The molecule has 0 amide bonds. The molecule has 0 radical (unpaired) electrons. The minimum absolute atomic E-state index is 0.0855. The molecule has 24 heavy (non-hydrogen) atoms. The molecule has 0 N–H and O–H groups in total. The van der Waals surface area contributed by atoms with Crippen molar-refractivity contribution in [3.63, 3.8) is 0 Å². The van der Waals surface area contributed by atoms with Gasteiger partial charge in [0.25, 0.3) is 0 Å². The first-order valence-electron chi connectivity index (χ1n) is 7.67. The van der Waals surface area contributed by atoms with Crippen LogP contribution < -0.4 is 4.74 Å². The van der Waals surface area contributed by atoms with Crippen LogP contribution in [0.2, 0.25) is 0 Å². The predicted octanol–water partition coefficient (Wildman–Crippen LogP) is 4.33. The van der Waals surface area contributed by atoms with E-state index in [-0.39, 0.29) is 18.0 Å². The van der Waals surface area contributed by atoms with Gasteiger partial charge in [-0.1, -0.05) is 60.7 Å². The molecule has 0 aliphatic carbocycles. The maximum atomic E-state index is 12.6. The second-order valence-electron chi connectivity index (χ2n) is 5.34. The van der Waals surface area contributed by atoms with Crippen LogP contribution in [0.1, 0.15) is 26.3 Å². The van der Waals surface area contributed by atoms with E-state index in [2.05, 4.69) is 0 Å². The highest BCUT2D eigenvalue weighted by atomic mass is 16.5. The molecule has 0 unspecified atom stereocenters. The van der Waals surface area contributed by atoms with Gasteiger partial charge < -0.3 is 4.74 Å². The molecule has 3 nitrogen and oxygen atoms in total. The Morgan fingerprint density at radius 3 is 2.00 bits per heavy atom. The molecule has 0 heterocycles. The second-order valence-corrected chi connectivity index (χ2v) is 5.34. The van der Waals surface area contributed by atoms with E-state index in [0.29, 0.717) is 11.1 Å². The van der Waals surface area contributed by atoms with Gasteiger partial charge in [0, 0.05) is 6.42 Å². The molecule has 3 heteroatoms. The largest absolute Gasteiger partial charge is 0.422 e. The molecule has 3 rings (SSSR count). The van der Waals surface area contributed by atoms with Crippen LogP contribution in [0.3, 0.4) is 0 Å². The molecule has 0 aromatic heterocycles. The van der Waals surface area contributed by atoms with Crippen LogP contribution in [-0.4, -0.2) is 11.8 Å². The summed E-state index contributed by atoms with van der Waals surface area (Å²) >= 11 is 0. The van der Waals surface area contributed by atoms with Crippen molar-refractivity contribution < 1.29 is 14.3 Å². The van der Waals surface area contributed by atoms with E-state index in [1.165, 1.54) is 0 Å². The zero-order chi connectivity index (χ0) is 16.8. The SMILES string of the molecule is O=C(Oc1ccccc1C(=O)Cc1ccccc1)c1ccccc1. The molecule has 0 bridgehead atoms. The lowest BCUT2D eigenvalue weighted by Crippen LogP contribution is -2.12. The minimum Gasteiger partial charge on any atom is -0.422 e. The fraction of sp³-hybridized carbons (Fsp3) is 0.0476. The summed E-state index contributed by atoms with van der Waals surface area (Å²) in [6.07, 6.45) is 0.265. The third-order valence-corrected chi connectivity index (χ3v) is 3.61. The number of carbonyl (C=O) groups is 2. The van der Waals surface area contributed by atoms with Crippen molar-refractivity contribution in [3.8, 4) is 5.75 Å². The van der Waals surface area contributed by atoms with Crippen molar-refractivity contribution >= 4 is 11.8 Å². The summed E-state index contributed by atoms with van der Waals surface area (Å²) < 4.78 is 5.43. The summed E-state index contributed by atoms with van der Waals surface area (Å²) in [6, 6.07) is 25.0. The van der Waals surface area contributed by atoms with E-state index in [1.54, 1.807) is 48.5 Å². The van der Waals surface area contributed by atoms with Gasteiger partial charge in [0.1, 0.15) is 5.75 Å². The number of rotatable bonds is 5. The number of benzene rings is 3. The van der Waals surface area contributed by atoms with Crippen molar-refractivity contribution in [1.29, 1.82) is 0 Å². The maximum absolute atomic E-state index is 12.6. The second kappa shape index (κ2) is 7.38. The van der Waals surface area contributed by atoms with E-state index in [1.807, 2.05) is 36.4 Å². The molecule has 0 aliphatic rings. The average molecular weight is 316 g/mol. The van der Waals surface area contributed by atoms with E-state index in [4.69, 9.17) is 4.74 Å². The number of Topliss-reactive ketones (excluding diaryl/α,β-unsaturated/α-hetero) is 1. The molecular formula is C21H16O3. The Labute approximate surface area is 140 Å². The van der Waals surface area contributed by atoms with Gasteiger partial charge in [-0.05, 0) is 29.8 Å². The fourth-order valence-electron chi connectivity index (χ4n) is 2.40. The summed E-state index contributed by atoms with van der Waals surface area (Å²) in [4.78, 5) is 24.8. The highest BCUT2D eigenvalue weighted by molar-refractivity contribution is 6.01. The van der Waals surface area contributed by atoms with Crippen LogP contribution in [0.4, 0.5) is 0 Å². The fourth-order valence-corrected chi connectivity index (χ4v) is 2.40. The van der Waals surface area contributed by atoms with Crippen LogP contribution in [0, 0.1) is 0 Å². The summed E-state index contributed by atoms with van der Waals surface area (Å²) in [5.41, 5.74) is 1.78. The zero-order valence-electron chi connectivity index (χ0n) is 13.0. The van der Waals surface area contributed by atoms with E-state index >= 15 is 0 Å². The van der Waals surface area contributed by atoms with E-state index in [0.717, 1.165) is 5.56 Å². The first-order chi connectivity index (χ1) is 11.7. The highest BCUT2D eigenvalue weighted by Crippen LogP contribution is 2.21. The van der Waals surface area contributed by atoms with Gasteiger partial charge in [0.05, 0.1) is 11.1 Å². The van der Waals surface area contributed by atoms with Gasteiger partial charge in [0.2, 0.25) is 0 Å². The molecule has 0 spiro atoms. The molecule has 3 aromatic carbocycles. The van der Waals surface area contributed by atoms with Crippen LogP contribution >= 0.6 is 0 Å². The average Bonchev–Trinajstić information content (AvgIpc) is 2.63. The molecule has 0 fully saturated rings. The Bertz CT molecular complexity index is 839. The van der Waals surface area contributed by atoms with Gasteiger partial charge in [-0.3, -0.25) is 4.79 Å². The molecule has 0 saturated heterocycles. The van der Waals surface area contributed by atoms with E-state index < -0.39 is 5.97 Å². The predicted molar refractivity (Wildman–Crippen MR) is 92.3 cm³/mol. The van der Waals surface area contributed by atoms with E-state index in [9.17, 15) is 9.59 Å². The Morgan fingerprint density at radius 1 is 0.708 bits per heavy atom. The number of hydrogen-bond acceptors (Lipinski definition) is 3. The molecule has 118 valence electrons. The Balaban J connectivity index is 1.80. The third kappa shape index (κ3) is 3.76. The molecule has 0 atom stereocenters. The summed E-state index contributed by atoms with van der Waals surface area (Å²) in [6.45, 7) is 0. The normalized spacial score (nSPS) is 10.2. The van der Waals surface area contributed by atoms with Crippen molar-refractivity contribution in [2.24, 2.45) is 0 Å². The zero-order valence-corrected chi connectivity index (χ0v) is 13.0. The molecule has 3 aromatic rings. The number of esters is 1. The number of ether oxygens (including phenoxy) is 1. The lowest BCUT2D eigenvalue weighted by Gasteiger charge is -2.09. The first-order valence-corrected chi connectivity index (χ1v) is 7.67. The lowest BCUT2D eigenvalue weighted by atomic mass is 10.0. The minimum atomic E-state index is -0.476. The van der Waals surface area contributed by atoms with Gasteiger partial charge in [-0.2, -0.15) is 0 Å². The Morgan fingerprint density at radius 2 is 1.29 bits per heavy atom. The highest BCUT2D eigenvalue weighted by Gasteiger charge is 2.16. The quantitative estimate of drug-likeness (QED) is 0.400. The number of ketones is 1. The van der Waals surface area contributed by atoms with Gasteiger partial charge in [-0.25, -0.2) is 4.79 Å². The van der Waals surface area contributed by atoms with Crippen molar-refractivity contribution in [3.05, 3.63) is 102 Å².